The van der Waals surface area contributed by atoms with Gasteiger partial charge < -0.3 is 20.1 Å². The van der Waals surface area contributed by atoms with Crippen molar-refractivity contribution in [3.05, 3.63) is 70.4 Å². The van der Waals surface area contributed by atoms with Gasteiger partial charge in [-0.3, -0.25) is 14.9 Å². The van der Waals surface area contributed by atoms with Crippen molar-refractivity contribution in [2.24, 2.45) is 0 Å². The molecule has 0 unspecified atom stereocenters. The number of carbonyl (C=O) groups is 1. The molecule has 8 heteroatoms. The third kappa shape index (κ3) is 4.91. The molecule has 0 aliphatic rings. The minimum Gasteiger partial charge on any atom is -0.378 e. The number of nitro groups is 1. The molecule has 0 spiro atoms. The molecule has 0 saturated heterocycles. The second kappa shape index (κ2) is 9.20. The van der Waals surface area contributed by atoms with Crippen molar-refractivity contribution in [2.75, 3.05) is 39.0 Å². The maximum Gasteiger partial charge on any atom is 0.292 e. The van der Waals surface area contributed by atoms with Gasteiger partial charge in [-0.2, -0.15) is 0 Å². The van der Waals surface area contributed by atoms with Crippen molar-refractivity contribution in [2.45, 2.75) is 6.54 Å². The number of para-hydroxylation sites is 3. The van der Waals surface area contributed by atoms with E-state index in [1.165, 1.54) is 6.07 Å². The van der Waals surface area contributed by atoms with E-state index in [1.54, 1.807) is 18.2 Å². The van der Waals surface area contributed by atoms with Gasteiger partial charge in [-0.05, 0) is 26.2 Å². The first-order valence-electron chi connectivity index (χ1n) is 9.45. The second-order valence-corrected chi connectivity index (χ2v) is 7.01. The minimum atomic E-state index is -0.427. The Kier molecular flexibility index (Phi) is 6.46. The van der Waals surface area contributed by atoms with Crippen LogP contribution >= 0.6 is 0 Å². The number of amides is 1. The number of rotatable bonds is 9. The number of anilines is 1. The molecule has 0 aliphatic carbocycles. The van der Waals surface area contributed by atoms with Crippen LogP contribution < -0.4 is 10.6 Å². The fourth-order valence-electron chi connectivity index (χ4n) is 3.17. The number of carbonyl (C=O) groups excluding carboxylic acids is 1. The summed E-state index contributed by atoms with van der Waals surface area (Å²) in [6, 6.07) is 14.3. The first-order chi connectivity index (χ1) is 14.0. The van der Waals surface area contributed by atoms with Gasteiger partial charge >= 0.3 is 0 Å². The highest BCUT2D eigenvalue weighted by Crippen LogP contribution is 2.23. The topological polar surface area (TPSA) is 92.4 Å². The largest absolute Gasteiger partial charge is 0.378 e. The summed E-state index contributed by atoms with van der Waals surface area (Å²) in [4.78, 5) is 25.5. The van der Waals surface area contributed by atoms with Gasteiger partial charge in [0.05, 0.1) is 10.5 Å². The fraction of sp³-hybridized carbons (Fsp3) is 0.286. The number of aromatic nitrogens is 1. The molecule has 0 bridgehead atoms. The predicted octanol–water partition coefficient (Wildman–Crippen LogP) is 2.95. The zero-order valence-corrected chi connectivity index (χ0v) is 16.6. The van der Waals surface area contributed by atoms with Crippen LogP contribution in [-0.2, 0) is 6.54 Å². The molecule has 2 aromatic carbocycles. The van der Waals surface area contributed by atoms with Crippen LogP contribution in [0.5, 0.6) is 0 Å². The Morgan fingerprint density at radius 1 is 1.10 bits per heavy atom. The van der Waals surface area contributed by atoms with Crippen molar-refractivity contribution in [1.82, 2.24) is 14.8 Å². The lowest BCUT2D eigenvalue weighted by molar-refractivity contribution is -0.384. The maximum absolute atomic E-state index is 12.7. The molecule has 1 heterocycles. The standard InChI is InChI=1S/C21H25N5O3/c1-24(2)13-14-25-15-17(16-7-3-5-9-19(16)25)21(27)23-12-11-22-18-8-4-6-10-20(18)26(28)29/h3-10,15,22H,11-14H2,1-2H3,(H,23,27). The molecule has 8 nitrogen and oxygen atoms in total. The van der Waals surface area contributed by atoms with Crippen molar-refractivity contribution in [3.63, 3.8) is 0 Å². The van der Waals surface area contributed by atoms with Gasteiger partial charge in [0, 0.05) is 49.3 Å². The quantitative estimate of drug-likeness (QED) is 0.330. The first-order valence-corrected chi connectivity index (χ1v) is 9.45. The van der Waals surface area contributed by atoms with E-state index < -0.39 is 4.92 Å². The van der Waals surface area contributed by atoms with Crippen molar-refractivity contribution < 1.29 is 9.72 Å². The van der Waals surface area contributed by atoms with Gasteiger partial charge in [0.1, 0.15) is 5.69 Å². The molecule has 1 amide bonds. The van der Waals surface area contributed by atoms with E-state index in [0.717, 1.165) is 24.0 Å². The van der Waals surface area contributed by atoms with Crippen molar-refractivity contribution in [1.29, 1.82) is 0 Å². The Labute approximate surface area is 169 Å². The van der Waals surface area contributed by atoms with Crippen LogP contribution in [-0.4, -0.2) is 54.0 Å². The summed E-state index contributed by atoms with van der Waals surface area (Å²) in [7, 11) is 4.03. The number of fused-ring (bicyclic) bond motifs is 1. The second-order valence-electron chi connectivity index (χ2n) is 7.01. The molecule has 29 heavy (non-hydrogen) atoms. The molecule has 0 radical (unpaired) electrons. The van der Waals surface area contributed by atoms with Gasteiger partial charge in [0.2, 0.25) is 0 Å². The smallest absolute Gasteiger partial charge is 0.292 e. The van der Waals surface area contributed by atoms with Gasteiger partial charge in [0.25, 0.3) is 11.6 Å². The molecule has 0 fully saturated rings. The van der Waals surface area contributed by atoms with Crippen molar-refractivity contribution >= 4 is 28.2 Å². The van der Waals surface area contributed by atoms with E-state index in [9.17, 15) is 14.9 Å². The summed E-state index contributed by atoms with van der Waals surface area (Å²) >= 11 is 0. The Morgan fingerprint density at radius 2 is 1.83 bits per heavy atom. The predicted molar refractivity (Wildman–Crippen MR) is 114 cm³/mol. The summed E-state index contributed by atoms with van der Waals surface area (Å²) in [5.41, 5.74) is 2.11. The molecule has 152 valence electrons. The van der Waals surface area contributed by atoms with Gasteiger partial charge in [0.15, 0.2) is 0 Å². The highest BCUT2D eigenvalue weighted by molar-refractivity contribution is 6.07. The van der Waals surface area contributed by atoms with E-state index in [4.69, 9.17) is 0 Å². The number of likely N-dealkylation sites (N-methyl/N-ethyl adjacent to an activating group) is 1. The minimum absolute atomic E-state index is 0.0165. The fourth-order valence-corrected chi connectivity index (χ4v) is 3.17. The molecule has 0 aliphatic heterocycles. The molecule has 0 atom stereocenters. The summed E-state index contributed by atoms with van der Waals surface area (Å²) in [5.74, 6) is -0.158. The zero-order valence-electron chi connectivity index (χ0n) is 16.6. The Balaban J connectivity index is 1.64. The molecule has 0 saturated carbocycles. The molecule has 2 N–H and O–H groups in total. The number of nitrogens with zero attached hydrogens (tertiary/aromatic N) is 3. The van der Waals surface area contributed by atoms with E-state index in [-0.39, 0.29) is 11.6 Å². The Hall–Kier alpha value is -3.39. The number of hydrogen-bond acceptors (Lipinski definition) is 5. The highest BCUT2D eigenvalue weighted by atomic mass is 16.6. The van der Waals surface area contributed by atoms with Crippen LogP contribution in [0.3, 0.4) is 0 Å². The number of nitrogens with one attached hydrogen (secondary N) is 2. The average Bonchev–Trinajstić information content (AvgIpc) is 3.08. The third-order valence-corrected chi connectivity index (χ3v) is 4.65. The number of hydrogen-bond donors (Lipinski definition) is 2. The number of nitro benzene ring substituents is 1. The van der Waals surface area contributed by atoms with Gasteiger partial charge in [-0.15, -0.1) is 0 Å². The average molecular weight is 395 g/mol. The van der Waals surface area contributed by atoms with E-state index >= 15 is 0 Å². The zero-order chi connectivity index (χ0) is 20.8. The summed E-state index contributed by atoms with van der Waals surface area (Å²) < 4.78 is 2.09. The lowest BCUT2D eigenvalue weighted by atomic mass is 10.1. The highest BCUT2D eigenvalue weighted by Gasteiger charge is 2.15. The van der Waals surface area contributed by atoms with Crippen molar-refractivity contribution in [3.8, 4) is 0 Å². The van der Waals surface area contributed by atoms with Gasteiger partial charge in [-0.25, -0.2) is 0 Å². The third-order valence-electron chi connectivity index (χ3n) is 4.65. The lowest BCUT2D eigenvalue weighted by Gasteiger charge is -2.10. The summed E-state index contributed by atoms with van der Waals surface area (Å²) in [5, 5.41) is 17.9. The molecule has 1 aromatic heterocycles. The molecule has 3 aromatic rings. The summed E-state index contributed by atoms with van der Waals surface area (Å²) in [6.45, 7) is 2.40. The lowest BCUT2D eigenvalue weighted by Crippen LogP contribution is -2.28. The van der Waals surface area contributed by atoms with E-state index in [0.29, 0.717) is 24.3 Å². The molecule has 3 rings (SSSR count). The van der Waals surface area contributed by atoms with E-state index in [2.05, 4.69) is 20.1 Å². The SMILES string of the molecule is CN(C)CCn1cc(C(=O)NCCNc2ccccc2[N+](=O)[O-])c2ccccc21. The summed E-state index contributed by atoms with van der Waals surface area (Å²) in [6.07, 6.45) is 1.89. The molecular formula is C21H25N5O3. The van der Waals surface area contributed by atoms with Crippen LogP contribution in [0, 0.1) is 10.1 Å². The van der Waals surface area contributed by atoms with Crippen LogP contribution in [0.4, 0.5) is 11.4 Å². The van der Waals surface area contributed by atoms with Gasteiger partial charge in [-0.1, -0.05) is 30.3 Å². The molecular weight excluding hydrogens is 370 g/mol. The Morgan fingerprint density at radius 3 is 2.59 bits per heavy atom. The number of benzene rings is 2. The van der Waals surface area contributed by atoms with Crippen LogP contribution in [0.1, 0.15) is 10.4 Å². The normalized spacial score (nSPS) is 11.0. The van der Waals surface area contributed by atoms with E-state index in [1.807, 2.05) is 44.6 Å². The van der Waals surface area contributed by atoms with Crippen LogP contribution in [0.2, 0.25) is 0 Å². The van der Waals surface area contributed by atoms with Crippen LogP contribution in [0.15, 0.2) is 54.7 Å². The monoisotopic (exact) mass is 395 g/mol. The maximum atomic E-state index is 12.7. The Bertz CT molecular complexity index is 1010. The first kappa shape index (κ1) is 20.3. The van der Waals surface area contributed by atoms with Crippen LogP contribution in [0.25, 0.3) is 10.9 Å².